The van der Waals surface area contributed by atoms with Gasteiger partial charge in [-0.3, -0.25) is 4.79 Å². The Labute approximate surface area is 167 Å². The van der Waals surface area contributed by atoms with Crippen molar-refractivity contribution in [3.63, 3.8) is 0 Å². The van der Waals surface area contributed by atoms with Crippen molar-refractivity contribution in [2.45, 2.75) is 0 Å². The SMILES string of the molecule is COc1cc(-c2ccc(NC(=O)c3ccccc3C(=O)O)c(OC)c2)ccc1N. The van der Waals surface area contributed by atoms with Crippen molar-refractivity contribution in [1.82, 2.24) is 0 Å². The lowest BCUT2D eigenvalue weighted by Crippen LogP contribution is -2.16. The summed E-state index contributed by atoms with van der Waals surface area (Å²) in [5, 5.41) is 12.0. The Kier molecular flexibility index (Phi) is 5.69. The minimum absolute atomic E-state index is 0.0643. The molecule has 0 aliphatic rings. The summed E-state index contributed by atoms with van der Waals surface area (Å²) < 4.78 is 10.7. The van der Waals surface area contributed by atoms with Crippen molar-refractivity contribution < 1.29 is 24.2 Å². The van der Waals surface area contributed by atoms with Crippen LogP contribution in [-0.2, 0) is 0 Å². The van der Waals surface area contributed by atoms with Crippen LogP contribution < -0.4 is 20.5 Å². The van der Waals surface area contributed by atoms with Crippen molar-refractivity contribution in [1.29, 1.82) is 0 Å². The number of aromatic carboxylic acids is 1. The van der Waals surface area contributed by atoms with Crippen molar-refractivity contribution in [3.8, 4) is 22.6 Å². The van der Waals surface area contributed by atoms with E-state index >= 15 is 0 Å². The molecular formula is C22H20N2O5. The third-order valence-electron chi connectivity index (χ3n) is 4.42. The van der Waals surface area contributed by atoms with Crippen LogP contribution in [0.25, 0.3) is 11.1 Å². The van der Waals surface area contributed by atoms with Gasteiger partial charge in [0.1, 0.15) is 11.5 Å². The van der Waals surface area contributed by atoms with Crippen LogP contribution >= 0.6 is 0 Å². The number of carbonyl (C=O) groups excluding carboxylic acids is 1. The molecule has 0 aliphatic heterocycles. The van der Waals surface area contributed by atoms with Crippen LogP contribution in [0.5, 0.6) is 11.5 Å². The Morgan fingerprint density at radius 3 is 2.07 bits per heavy atom. The third kappa shape index (κ3) is 4.14. The monoisotopic (exact) mass is 392 g/mol. The lowest BCUT2D eigenvalue weighted by Gasteiger charge is -2.14. The third-order valence-corrected chi connectivity index (χ3v) is 4.42. The first-order chi connectivity index (χ1) is 13.9. The Morgan fingerprint density at radius 1 is 0.862 bits per heavy atom. The molecule has 0 aliphatic carbocycles. The van der Waals surface area contributed by atoms with Crippen molar-refractivity contribution in [2.75, 3.05) is 25.3 Å². The molecule has 4 N–H and O–H groups in total. The number of ether oxygens (including phenoxy) is 2. The maximum atomic E-state index is 12.6. The number of carboxylic acid groups (broad SMARTS) is 1. The molecule has 0 fully saturated rings. The second-order valence-electron chi connectivity index (χ2n) is 6.18. The minimum Gasteiger partial charge on any atom is -0.495 e. The summed E-state index contributed by atoms with van der Waals surface area (Å²) in [6.07, 6.45) is 0. The molecule has 0 saturated carbocycles. The molecule has 29 heavy (non-hydrogen) atoms. The van der Waals surface area contributed by atoms with E-state index in [9.17, 15) is 14.7 Å². The lowest BCUT2D eigenvalue weighted by molar-refractivity contribution is 0.0692. The number of methoxy groups -OCH3 is 2. The molecule has 0 bridgehead atoms. The predicted octanol–water partition coefficient (Wildman–Crippen LogP) is 3.90. The fraction of sp³-hybridized carbons (Fsp3) is 0.0909. The highest BCUT2D eigenvalue weighted by Gasteiger charge is 2.17. The van der Waals surface area contributed by atoms with Crippen LogP contribution in [0.4, 0.5) is 11.4 Å². The second-order valence-corrected chi connectivity index (χ2v) is 6.18. The molecule has 0 spiro atoms. The Balaban J connectivity index is 1.92. The lowest BCUT2D eigenvalue weighted by atomic mass is 10.0. The van der Waals surface area contributed by atoms with E-state index in [-0.39, 0.29) is 11.1 Å². The van der Waals surface area contributed by atoms with Gasteiger partial charge in [-0.2, -0.15) is 0 Å². The molecule has 7 heteroatoms. The molecule has 3 rings (SSSR count). The first-order valence-electron chi connectivity index (χ1n) is 8.70. The van der Waals surface area contributed by atoms with Gasteiger partial charge in [0, 0.05) is 0 Å². The van der Waals surface area contributed by atoms with Crippen molar-refractivity contribution in [2.24, 2.45) is 0 Å². The van der Waals surface area contributed by atoms with Gasteiger partial charge in [-0.25, -0.2) is 4.79 Å². The Bertz CT molecular complexity index is 1080. The molecule has 0 unspecified atom stereocenters. The highest BCUT2D eigenvalue weighted by Crippen LogP contribution is 2.34. The number of nitrogens with one attached hydrogen (secondary N) is 1. The molecule has 0 saturated heterocycles. The minimum atomic E-state index is -1.17. The van der Waals surface area contributed by atoms with Gasteiger partial charge in [-0.1, -0.05) is 24.3 Å². The van der Waals surface area contributed by atoms with E-state index in [0.29, 0.717) is 22.9 Å². The summed E-state index contributed by atoms with van der Waals surface area (Å²) in [7, 11) is 3.03. The standard InChI is InChI=1S/C22H20N2O5/c1-28-19-11-13(7-9-17(19)23)14-8-10-18(20(12-14)29-2)24-21(25)15-5-3-4-6-16(15)22(26)27/h3-12H,23H2,1-2H3,(H,24,25)(H,26,27). The highest BCUT2D eigenvalue weighted by molar-refractivity contribution is 6.11. The van der Waals surface area contributed by atoms with Gasteiger partial charge in [0.15, 0.2) is 0 Å². The number of nitrogens with two attached hydrogens (primary N) is 1. The maximum Gasteiger partial charge on any atom is 0.336 e. The number of amides is 1. The van der Waals surface area contributed by atoms with Crippen LogP contribution in [0.1, 0.15) is 20.7 Å². The number of anilines is 2. The van der Waals surface area contributed by atoms with E-state index in [4.69, 9.17) is 15.2 Å². The van der Waals surface area contributed by atoms with Crippen LogP contribution in [0.3, 0.4) is 0 Å². The molecule has 0 atom stereocenters. The fourth-order valence-corrected chi connectivity index (χ4v) is 2.92. The quantitative estimate of drug-likeness (QED) is 0.549. The number of benzene rings is 3. The smallest absolute Gasteiger partial charge is 0.336 e. The topological polar surface area (TPSA) is 111 Å². The van der Waals surface area contributed by atoms with Gasteiger partial charge in [0.05, 0.1) is 36.7 Å². The number of nitrogen functional groups attached to an aromatic ring is 1. The van der Waals surface area contributed by atoms with Gasteiger partial charge in [0.25, 0.3) is 5.91 Å². The number of hydrogen-bond acceptors (Lipinski definition) is 5. The highest BCUT2D eigenvalue weighted by atomic mass is 16.5. The summed E-state index contributed by atoms with van der Waals surface area (Å²) in [5.41, 5.74) is 8.51. The van der Waals surface area contributed by atoms with E-state index < -0.39 is 11.9 Å². The Hall–Kier alpha value is -4.00. The zero-order valence-corrected chi connectivity index (χ0v) is 15.9. The zero-order valence-electron chi connectivity index (χ0n) is 15.9. The van der Waals surface area contributed by atoms with E-state index in [0.717, 1.165) is 11.1 Å². The van der Waals surface area contributed by atoms with Crippen LogP contribution in [0.15, 0.2) is 60.7 Å². The fourth-order valence-electron chi connectivity index (χ4n) is 2.92. The normalized spacial score (nSPS) is 10.3. The van der Waals surface area contributed by atoms with Gasteiger partial charge >= 0.3 is 5.97 Å². The van der Waals surface area contributed by atoms with Crippen molar-refractivity contribution in [3.05, 3.63) is 71.8 Å². The van der Waals surface area contributed by atoms with Crippen LogP contribution in [0, 0.1) is 0 Å². The molecule has 3 aromatic carbocycles. The summed E-state index contributed by atoms with van der Waals surface area (Å²) >= 11 is 0. The average Bonchev–Trinajstić information content (AvgIpc) is 2.74. The first-order valence-corrected chi connectivity index (χ1v) is 8.70. The van der Waals surface area contributed by atoms with Crippen molar-refractivity contribution >= 4 is 23.3 Å². The largest absolute Gasteiger partial charge is 0.495 e. The predicted molar refractivity (Wildman–Crippen MR) is 111 cm³/mol. The number of carboxylic acids is 1. The average molecular weight is 392 g/mol. The molecule has 0 heterocycles. The molecule has 1 amide bonds. The molecule has 0 radical (unpaired) electrons. The molecular weight excluding hydrogens is 372 g/mol. The van der Waals surface area contributed by atoms with E-state index in [2.05, 4.69) is 5.32 Å². The first kappa shape index (κ1) is 19.8. The Morgan fingerprint density at radius 2 is 1.45 bits per heavy atom. The molecule has 0 aromatic heterocycles. The maximum absolute atomic E-state index is 12.6. The number of carbonyl (C=O) groups is 2. The second kappa shape index (κ2) is 8.35. The number of hydrogen-bond donors (Lipinski definition) is 3. The van der Waals surface area contributed by atoms with Gasteiger partial charge in [0.2, 0.25) is 0 Å². The summed E-state index contributed by atoms with van der Waals surface area (Å²) in [6, 6.07) is 16.7. The summed E-state index contributed by atoms with van der Waals surface area (Å²) in [6.45, 7) is 0. The molecule has 148 valence electrons. The summed E-state index contributed by atoms with van der Waals surface area (Å²) in [5.74, 6) is -0.720. The van der Waals surface area contributed by atoms with E-state index in [1.165, 1.54) is 19.2 Å². The van der Waals surface area contributed by atoms with E-state index in [1.807, 2.05) is 18.2 Å². The summed E-state index contributed by atoms with van der Waals surface area (Å²) in [4.78, 5) is 24.0. The van der Waals surface area contributed by atoms with Crippen LogP contribution in [0.2, 0.25) is 0 Å². The van der Waals surface area contributed by atoms with Gasteiger partial charge in [-0.05, 0) is 47.5 Å². The van der Waals surface area contributed by atoms with Gasteiger partial charge < -0.3 is 25.6 Å². The van der Waals surface area contributed by atoms with E-state index in [1.54, 1.807) is 37.4 Å². The van der Waals surface area contributed by atoms with Gasteiger partial charge in [-0.15, -0.1) is 0 Å². The number of rotatable bonds is 6. The zero-order chi connectivity index (χ0) is 21.0. The molecule has 3 aromatic rings. The van der Waals surface area contributed by atoms with Crippen LogP contribution in [-0.4, -0.2) is 31.2 Å². The molecule has 7 nitrogen and oxygen atoms in total.